The van der Waals surface area contributed by atoms with Gasteiger partial charge in [-0.3, -0.25) is 4.90 Å². The summed E-state index contributed by atoms with van der Waals surface area (Å²) in [6.45, 7) is 6.22. The van der Waals surface area contributed by atoms with Crippen LogP contribution in [0.25, 0.3) is 0 Å². The van der Waals surface area contributed by atoms with E-state index < -0.39 is 0 Å². The predicted octanol–water partition coefficient (Wildman–Crippen LogP) is 1.49. The minimum atomic E-state index is 0.544. The molecule has 14 heavy (non-hydrogen) atoms. The van der Waals surface area contributed by atoms with Gasteiger partial charge in [0.1, 0.15) is 0 Å². The molecular formula is C10H19N3S. The largest absolute Gasteiger partial charge is 0.318 e. The molecule has 80 valence electrons. The van der Waals surface area contributed by atoms with E-state index in [9.17, 15) is 0 Å². The van der Waals surface area contributed by atoms with Gasteiger partial charge in [-0.15, -0.1) is 11.3 Å². The van der Waals surface area contributed by atoms with Gasteiger partial charge in [-0.1, -0.05) is 0 Å². The van der Waals surface area contributed by atoms with Crippen molar-refractivity contribution in [3.05, 3.63) is 16.1 Å². The lowest BCUT2D eigenvalue weighted by Gasteiger charge is -2.23. The van der Waals surface area contributed by atoms with E-state index in [1.165, 1.54) is 5.69 Å². The molecule has 0 radical (unpaired) electrons. The van der Waals surface area contributed by atoms with Crippen LogP contribution in [0.4, 0.5) is 0 Å². The summed E-state index contributed by atoms with van der Waals surface area (Å²) < 4.78 is 0. The Kier molecular flexibility index (Phi) is 4.51. The predicted molar refractivity (Wildman–Crippen MR) is 61.7 cm³/mol. The van der Waals surface area contributed by atoms with Crippen molar-refractivity contribution < 1.29 is 0 Å². The zero-order valence-electron chi connectivity index (χ0n) is 9.37. The van der Waals surface area contributed by atoms with Crippen LogP contribution in [0.3, 0.4) is 0 Å². The van der Waals surface area contributed by atoms with Gasteiger partial charge in [0.2, 0.25) is 0 Å². The Morgan fingerprint density at radius 1 is 1.64 bits per heavy atom. The van der Waals surface area contributed by atoms with Crippen LogP contribution in [0.1, 0.15) is 17.6 Å². The molecule has 0 saturated carbocycles. The SMILES string of the molecule is CNCC(C)N(C)Cc1csc(C)n1. The molecule has 3 nitrogen and oxygen atoms in total. The van der Waals surface area contributed by atoms with Crippen molar-refractivity contribution in [1.29, 1.82) is 0 Å². The number of aryl methyl sites for hydroxylation is 1. The molecule has 0 spiro atoms. The molecule has 0 aliphatic rings. The number of likely N-dealkylation sites (N-methyl/N-ethyl adjacent to an activating group) is 2. The van der Waals surface area contributed by atoms with E-state index >= 15 is 0 Å². The highest BCUT2D eigenvalue weighted by molar-refractivity contribution is 7.09. The van der Waals surface area contributed by atoms with E-state index in [1.54, 1.807) is 11.3 Å². The van der Waals surface area contributed by atoms with Gasteiger partial charge < -0.3 is 5.32 Å². The van der Waals surface area contributed by atoms with E-state index in [-0.39, 0.29) is 0 Å². The minimum absolute atomic E-state index is 0.544. The Morgan fingerprint density at radius 3 is 2.86 bits per heavy atom. The van der Waals surface area contributed by atoms with Gasteiger partial charge in [-0.05, 0) is 27.9 Å². The van der Waals surface area contributed by atoms with Crippen molar-refractivity contribution >= 4 is 11.3 Å². The maximum Gasteiger partial charge on any atom is 0.0897 e. The van der Waals surface area contributed by atoms with Crippen LogP contribution in [-0.4, -0.2) is 36.6 Å². The molecule has 0 aliphatic carbocycles. The maximum absolute atomic E-state index is 4.45. The second kappa shape index (κ2) is 5.44. The van der Waals surface area contributed by atoms with Crippen LogP contribution in [0.15, 0.2) is 5.38 Å². The monoisotopic (exact) mass is 213 g/mol. The average Bonchev–Trinajstić information content (AvgIpc) is 2.51. The van der Waals surface area contributed by atoms with Crippen LogP contribution in [0, 0.1) is 6.92 Å². The Labute approximate surface area is 90.2 Å². The van der Waals surface area contributed by atoms with Crippen LogP contribution < -0.4 is 5.32 Å². The van der Waals surface area contributed by atoms with Crippen molar-refractivity contribution in [2.45, 2.75) is 26.4 Å². The number of aromatic nitrogens is 1. The summed E-state index contributed by atoms with van der Waals surface area (Å²) in [4.78, 5) is 6.76. The first kappa shape index (κ1) is 11.6. The van der Waals surface area contributed by atoms with Crippen LogP contribution in [-0.2, 0) is 6.54 Å². The molecule has 0 fully saturated rings. The second-order valence-corrected chi connectivity index (χ2v) is 4.74. The van der Waals surface area contributed by atoms with Gasteiger partial charge in [0, 0.05) is 24.5 Å². The molecule has 1 rings (SSSR count). The van der Waals surface area contributed by atoms with Gasteiger partial charge in [0.15, 0.2) is 0 Å². The third-order valence-corrected chi connectivity index (χ3v) is 3.15. The van der Waals surface area contributed by atoms with Crippen molar-refractivity contribution in [3.63, 3.8) is 0 Å². The zero-order chi connectivity index (χ0) is 10.6. The highest BCUT2D eigenvalue weighted by Crippen LogP contribution is 2.10. The third-order valence-electron chi connectivity index (χ3n) is 2.33. The van der Waals surface area contributed by atoms with Crippen LogP contribution in [0.2, 0.25) is 0 Å². The highest BCUT2D eigenvalue weighted by atomic mass is 32.1. The molecule has 1 unspecified atom stereocenters. The van der Waals surface area contributed by atoms with Crippen LogP contribution >= 0.6 is 11.3 Å². The molecule has 1 aromatic heterocycles. The molecule has 0 amide bonds. The highest BCUT2D eigenvalue weighted by Gasteiger charge is 2.09. The average molecular weight is 213 g/mol. The molecule has 0 aliphatic heterocycles. The van der Waals surface area contributed by atoms with Gasteiger partial charge in [-0.2, -0.15) is 0 Å². The standard InChI is InChI=1S/C10H19N3S/c1-8(5-11-3)13(4)6-10-7-14-9(2)12-10/h7-8,11H,5-6H2,1-4H3. The minimum Gasteiger partial charge on any atom is -0.318 e. The quantitative estimate of drug-likeness (QED) is 0.803. The first-order valence-electron chi connectivity index (χ1n) is 4.89. The lowest BCUT2D eigenvalue weighted by Crippen LogP contribution is -2.36. The molecule has 0 bridgehead atoms. The molecule has 1 atom stereocenters. The molecule has 0 aromatic carbocycles. The summed E-state index contributed by atoms with van der Waals surface area (Å²) in [7, 11) is 4.12. The molecule has 4 heteroatoms. The lowest BCUT2D eigenvalue weighted by atomic mass is 10.3. The first-order chi connectivity index (χ1) is 6.63. The fourth-order valence-electron chi connectivity index (χ4n) is 1.34. The third kappa shape index (κ3) is 3.36. The fourth-order valence-corrected chi connectivity index (χ4v) is 1.95. The van der Waals surface area contributed by atoms with E-state index in [4.69, 9.17) is 0 Å². The first-order valence-corrected chi connectivity index (χ1v) is 5.77. The molecular weight excluding hydrogens is 194 g/mol. The summed E-state index contributed by atoms with van der Waals surface area (Å²) in [5.74, 6) is 0. The molecule has 0 saturated heterocycles. The van der Waals surface area contributed by atoms with E-state index in [1.807, 2.05) is 14.0 Å². The van der Waals surface area contributed by atoms with Gasteiger partial charge in [0.05, 0.1) is 10.7 Å². The van der Waals surface area contributed by atoms with Crippen LogP contribution in [0.5, 0.6) is 0 Å². The van der Waals surface area contributed by atoms with Gasteiger partial charge in [-0.25, -0.2) is 4.98 Å². The van der Waals surface area contributed by atoms with E-state index in [0.717, 1.165) is 18.1 Å². The lowest BCUT2D eigenvalue weighted by molar-refractivity contribution is 0.244. The Balaban J connectivity index is 2.43. The second-order valence-electron chi connectivity index (χ2n) is 3.68. The maximum atomic E-state index is 4.45. The van der Waals surface area contributed by atoms with Crippen molar-refractivity contribution in [2.24, 2.45) is 0 Å². The summed E-state index contributed by atoms with van der Waals surface area (Å²) >= 11 is 1.72. The normalized spacial score (nSPS) is 13.5. The van der Waals surface area contributed by atoms with Gasteiger partial charge in [0.25, 0.3) is 0 Å². The Morgan fingerprint density at radius 2 is 2.36 bits per heavy atom. The number of rotatable bonds is 5. The summed E-state index contributed by atoms with van der Waals surface area (Å²) in [6.07, 6.45) is 0. The van der Waals surface area contributed by atoms with Crippen molar-refractivity contribution in [2.75, 3.05) is 20.6 Å². The zero-order valence-corrected chi connectivity index (χ0v) is 10.2. The Hall–Kier alpha value is -0.450. The van der Waals surface area contributed by atoms with Crippen molar-refractivity contribution in [3.8, 4) is 0 Å². The van der Waals surface area contributed by atoms with E-state index in [2.05, 4.69) is 34.6 Å². The summed E-state index contributed by atoms with van der Waals surface area (Å²) in [5.41, 5.74) is 1.18. The number of hydrogen-bond donors (Lipinski definition) is 1. The number of nitrogens with one attached hydrogen (secondary N) is 1. The van der Waals surface area contributed by atoms with E-state index in [0.29, 0.717) is 6.04 Å². The fraction of sp³-hybridized carbons (Fsp3) is 0.700. The topological polar surface area (TPSA) is 28.2 Å². The molecule has 1 heterocycles. The molecule has 1 N–H and O–H groups in total. The molecule has 1 aromatic rings. The Bertz CT molecular complexity index is 272. The smallest absolute Gasteiger partial charge is 0.0897 e. The number of nitrogens with zero attached hydrogens (tertiary/aromatic N) is 2. The summed E-state index contributed by atoms with van der Waals surface area (Å²) in [5, 5.41) is 6.46. The number of thiazole rings is 1. The van der Waals surface area contributed by atoms with Gasteiger partial charge >= 0.3 is 0 Å². The number of hydrogen-bond acceptors (Lipinski definition) is 4. The summed E-state index contributed by atoms with van der Waals surface area (Å²) in [6, 6.07) is 0.544. The van der Waals surface area contributed by atoms with Crippen molar-refractivity contribution in [1.82, 2.24) is 15.2 Å².